The lowest BCUT2D eigenvalue weighted by molar-refractivity contribution is -0.386. The number of hydrogen-bond donors (Lipinski definition) is 2. The molecule has 1 atom stereocenters. The normalized spacial score (nSPS) is 13.5. The smallest absolute Gasteiger partial charge is 0.313 e. The fourth-order valence-electron chi connectivity index (χ4n) is 1.81. The summed E-state index contributed by atoms with van der Waals surface area (Å²) in [6.45, 7) is 5.73. The topological polar surface area (TPSA) is 107 Å². The van der Waals surface area contributed by atoms with E-state index in [1.165, 1.54) is 6.07 Å². The summed E-state index contributed by atoms with van der Waals surface area (Å²) in [6.07, 6.45) is 0.827. The molecule has 0 aliphatic rings. The van der Waals surface area contributed by atoms with Gasteiger partial charge < -0.3 is 15.8 Å². The van der Waals surface area contributed by atoms with Gasteiger partial charge in [-0.2, -0.15) is 0 Å². The largest absolute Gasteiger partial charge is 0.484 e. The van der Waals surface area contributed by atoms with Crippen LogP contribution in [0.15, 0.2) is 18.2 Å². The zero-order valence-corrected chi connectivity index (χ0v) is 12.5. The molecule has 0 saturated heterocycles. The number of amides is 1. The first-order chi connectivity index (χ1) is 9.81. The van der Waals surface area contributed by atoms with E-state index in [4.69, 9.17) is 10.5 Å². The second-order valence-corrected chi connectivity index (χ2v) is 5.09. The Bertz CT molecular complexity index is 533. The number of aryl methyl sites for hydroxylation is 1. The van der Waals surface area contributed by atoms with Crippen molar-refractivity contribution in [1.29, 1.82) is 0 Å². The molecule has 0 aromatic heterocycles. The molecule has 0 aliphatic carbocycles. The molecule has 3 N–H and O–H groups in total. The van der Waals surface area contributed by atoms with Gasteiger partial charge in [-0.1, -0.05) is 19.1 Å². The number of nitro groups is 1. The first-order valence-electron chi connectivity index (χ1n) is 6.73. The zero-order valence-electron chi connectivity index (χ0n) is 12.5. The molecule has 116 valence electrons. The van der Waals surface area contributed by atoms with E-state index in [2.05, 4.69) is 5.32 Å². The maximum atomic E-state index is 11.6. The second-order valence-electron chi connectivity index (χ2n) is 5.09. The standard InChI is InChI=1S/C14H21N3O4/c1-4-8-16-14(3,13(15)18)9-21-11-7-5-6-10(2)12(11)17(19)20/h5-7,16H,4,8-9H2,1-3H3,(H2,15,18). The predicted molar refractivity (Wildman–Crippen MR) is 79.2 cm³/mol. The lowest BCUT2D eigenvalue weighted by Crippen LogP contribution is -2.57. The number of nitrogens with two attached hydrogens (primary N) is 1. The number of carbonyl (C=O) groups excluding carboxylic acids is 1. The minimum atomic E-state index is -1.08. The van der Waals surface area contributed by atoms with Crippen molar-refractivity contribution in [3.63, 3.8) is 0 Å². The molecule has 7 nitrogen and oxygen atoms in total. The van der Waals surface area contributed by atoms with Crippen LogP contribution in [-0.2, 0) is 4.79 Å². The molecule has 21 heavy (non-hydrogen) atoms. The Balaban J connectivity index is 2.93. The lowest BCUT2D eigenvalue weighted by Gasteiger charge is -2.27. The molecule has 0 spiro atoms. The number of rotatable bonds is 8. The van der Waals surface area contributed by atoms with Gasteiger partial charge in [0.25, 0.3) is 0 Å². The first-order valence-corrected chi connectivity index (χ1v) is 6.73. The van der Waals surface area contributed by atoms with Gasteiger partial charge in [0, 0.05) is 5.56 Å². The first kappa shape index (κ1) is 16.9. The molecule has 0 bridgehead atoms. The Morgan fingerprint density at radius 3 is 2.71 bits per heavy atom. The number of nitrogens with one attached hydrogen (secondary N) is 1. The van der Waals surface area contributed by atoms with Gasteiger partial charge in [-0.05, 0) is 32.9 Å². The van der Waals surface area contributed by atoms with Crippen molar-refractivity contribution in [2.75, 3.05) is 13.2 Å². The quantitative estimate of drug-likeness (QED) is 0.558. The van der Waals surface area contributed by atoms with E-state index < -0.39 is 16.4 Å². The maximum Gasteiger partial charge on any atom is 0.313 e. The number of nitrogens with zero attached hydrogens (tertiary/aromatic N) is 1. The summed E-state index contributed by atoms with van der Waals surface area (Å²) >= 11 is 0. The number of para-hydroxylation sites is 1. The Morgan fingerprint density at radius 2 is 2.19 bits per heavy atom. The predicted octanol–water partition coefficient (Wildman–Crippen LogP) is 1.53. The van der Waals surface area contributed by atoms with Gasteiger partial charge >= 0.3 is 5.69 Å². The van der Waals surface area contributed by atoms with Gasteiger partial charge in [0.2, 0.25) is 5.91 Å². The highest BCUT2D eigenvalue weighted by Crippen LogP contribution is 2.30. The third-order valence-corrected chi connectivity index (χ3v) is 3.21. The molecule has 7 heteroatoms. The number of hydrogen-bond acceptors (Lipinski definition) is 5. The van der Waals surface area contributed by atoms with Crippen LogP contribution in [0, 0.1) is 17.0 Å². The van der Waals surface area contributed by atoms with E-state index in [0.717, 1.165) is 6.42 Å². The van der Waals surface area contributed by atoms with Crippen molar-refractivity contribution >= 4 is 11.6 Å². The average molecular weight is 295 g/mol. The summed E-state index contributed by atoms with van der Waals surface area (Å²) < 4.78 is 5.50. The fourth-order valence-corrected chi connectivity index (χ4v) is 1.81. The number of ether oxygens (including phenoxy) is 1. The van der Waals surface area contributed by atoms with Gasteiger partial charge in [-0.25, -0.2) is 0 Å². The van der Waals surface area contributed by atoms with Gasteiger partial charge in [0.05, 0.1) is 4.92 Å². The van der Waals surface area contributed by atoms with E-state index in [9.17, 15) is 14.9 Å². The number of primary amides is 1. The van der Waals surface area contributed by atoms with E-state index >= 15 is 0 Å². The molecular weight excluding hydrogens is 274 g/mol. The monoisotopic (exact) mass is 295 g/mol. The van der Waals surface area contributed by atoms with Crippen LogP contribution in [0.25, 0.3) is 0 Å². The highest BCUT2D eigenvalue weighted by Gasteiger charge is 2.32. The summed E-state index contributed by atoms with van der Waals surface area (Å²) in [6, 6.07) is 4.80. The van der Waals surface area contributed by atoms with Crippen LogP contribution in [0.2, 0.25) is 0 Å². The zero-order chi connectivity index (χ0) is 16.0. The summed E-state index contributed by atoms with van der Waals surface area (Å²) in [5.41, 5.74) is 4.71. The van der Waals surface area contributed by atoms with Crippen LogP contribution < -0.4 is 15.8 Å². The van der Waals surface area contributed by atoms with Crippen LogP contribution in [-0.4, -0.2) is 29.5 Å². The maximum absolute atomic E-state index is 11.6. The highest BCUT2D eigenvalue weighted by atomic mass is 16.6. The molecular formula is C14H21N3O4. The summed E-state index contributed by atoms with van der Waals surface area (Å²) in [4.78, 5) is 22.2. The van der Waals surface area contributed by atoms with Crippen LogP contribution in [0.3, 0.4) is 0 Å². The van der Waals surface area contributed by atoms with Crippen LogP contribution in [0.1, 0.15) is 25.8 Å². The molecule has 0 radical (unpaired) electrons. The second kappa shape index (κ2) is 7.03. The van der Waals surface area contributed by atoms with E-state index in [1.807, 2.05) is 6.92 Å². The average Bonchev–Trinajstić information content (AvgIpc) is 2.42. The van der Waals surface area contributed by atoms with Gasteiger partial charge in [-0.15, -0.1) is 0 Å². The van der Waals surface area contributed by atoms with E-state index in [1.54, 1.807) is 26.0 Å². The molecule has 0 saturated carbocycles. The minimum Gasteiger partial charge on any atom is -0.484 e. The minimum absolute atomic E-state index is 0.0768. The third-order valence-electron chi connectivity index (χ3n) is 3.21. The van der Waals surface area contributed by atoms with E-state index in [0.29, 0.717) is 12.1 Å². The Morgan fingerprint density at radius 1 is 1.52 bits per heavy atom. The van der Waals surface area contributed by atoms with E-state index in [-0.39, 0.29) is 18.0 Å². The molecule has 1 aromatic rings. The van der Waals surface area contributed by atoms with Crippen LogP contribution >= 0.6 is 0 Å². The summed E-state index contributed by atoms with van der Waals surface area (Å²) in [7, 11) is 0. The van der Waals surface area contributed by atoms with Crippen molar-refractivity contribution in [3.8, 4) is 5.75 Å². The van der Waals surface area contributed by atoms with Crippen molar-refractivity contribution < 1.29 is 14.5 Å². The molecule has 1 amide bonds. The molecule has 0 fully saturated rings. The highest BCUT2D eigenvalue weighted by molar-refractivity contribution is 5.84. The van der Waals surface area contributed by atoms with Crippen molar-refractivity contribution in [1.82, 2.24) is 5.32 Å². The molecule has 1 aromatic carbocycles. The van der Waals surface area contributed by atoms with Crippen molar-refractivity contribution in [2.24, 2.45) is 5.73 Å². The SMILES string of the molecule is CCCNC(C)(COc1cccc(C)c1[N+](=O)[O-])C(N)=O. The van der Waals surface area contributed by atoms with Crippen LogP contribution in [0.5, 0.6) is 5.75 Å². The van der Waals surface area contributed by atoms with Crippen LogP contribution in [0.4, 0.5) is 5.69 Å². The fraction of sp³-hybridized carbons (Fsp3) is 0.500. The molecule has 0 heterocycles. The number of benzene rings is 1. The molecule has 1 unspecified atom stereocenters. The number of nitro benzene ring substituents is 1. The summed E-state index contributed by atoms with van der Waals surface area (Å²) in [5, 5.41) is 14.1. The Labute approximate surface area is 123 Å². The third kappa shape index (κ3) is 4.16. The van der Waals surface area contributed by atoms with Gasteiger partial charge in [0.1, 0.15) is 12.1 Å². The number of carbonyl (C=O) groups is 1. The molecule has 1 rings (SSSR count). The summed E-state index contributed by atoms with van der Waals surface area (Å²) in [5.74, 6) is -0.433. The van der Waals surface area contributed by atoms with Gasteiger partial charge in [-0.3, -0.25) is 14.9 Å². The van der Waals surface area contributed by atoms with Gasteiger partial charge in [0.15, 0.2) is 5.75 Å². The molecule has 0 aliphatic heterocycles. The van der Waals surface area contributed by atoms with Crippen molar-refractivity contribution in [3.05, 3.63) is 33.9 Å². The Kier molecular flexibility index (Phi) is 5.66. The van der Waals surface area contributed by atoms with Crippen molar-refractivity contribution in [2.45, 2.75) is 32.7 Å². The lowest BCUT2D eigenvalue weighted by atomic mass is 10.0. The Hall–Kier alpha value is -2.15.